The van der Waals surface area contributed by atoms with E-state index in [4.69, 9.17) is 11.6 Å². The fraction of sp³-hybridized carbons (Fsp3) is 0.0769. The van der Waals surface area contributed by atoms with Gasteiger partial charge in [0.25, 0.3) is 0 Å². The van der Waals surface area contributed by atoms with Gasteiger partial charge in [0.15, 0.2) is 0 Å². The summed E-state index contributed by atoms with van der Waals surface area (Å²) in [6.45, 7) is 0. The molecular weight excluding hydrogens is 238 g/mol. The van der Waals surface area contributed by atoms with Gasteiger partial charge in [-0.05, 0) is 29.8 Å². The molecule has 2 rings (SSSR count). The summed E-state index contributed by atoms with van der Waals surface area (Å²) in [6, 6.07) is 12.0. The lowest BCUT2D eigenvalue weighted by Crippen LogP contribution is -2.14. The van der Waals surface area contributed by atoms with Gasteiger partial charge < -0.3 is 5.11 Å². The molecule has 0 fully saturated rings. The van der Waals surface area contributed by atoms with Crippen molar-refractivity contribution >= 4 is 17.6 Å². The van der Waals surface area contributed by atoms with E-state index in [0.29, 0.717) is 16.3 Å². The van der Waals surface area contributed by atoms with Crippen LogP contribution in [0.15, 0.2) is 48.7 Å². The summed E-state index contributed by atoms with van der Waals surface area (Å²) in [6.07, 6.45) is 1.58. The molecule has 2 aromatic rings. The SMILES string of the molecule is O=C(O)C(c1ccc(Cl)cc1)c1ccccn1. The van der Waals surface area contributed by atoms with Gasteiger partial charge in [-0.25, -0.2) is 0 Å². The van der Waals surface area contributed by atoms with E-state index in [-0.39, 0.29) is 0 Å². The smallest absolute Gasteiger partial charge is 0.317 e. The second kappa shape index (κ2) is 4.97. The summed E-state index contributed by atoms with van der Waals surface area (Å²) in [4.78, 5) is 15.4. The summed E-state index contributed by atoms with van der Waals surface area (Å²) in [7, 11) is 0. The van der Waals surface area contributed by atoms with E-state index in [1.807, 2.05) is 0 Å². The quantitative estimate of drug-likeness (QED) is 0.907. The predicted molar refractivity (Wildman–Crippen MR) is 65.2 cm³/mol. The number of carbonyl (C=O) groups is 1. The molecule has 1 heterocycles. The highest BCUT2D eigenvalue weighted by Gasteiger charge is 2.22. The monoisotopic (exact) mass is 247 g/mol. The number of aromatic nitrogens is 1. The van der Waals surface area contributed by atoms with E-state index in [9.17, 15) is 9.90 Å². The fourth-order valence-electron chi connectivity index (χ4n) is 1.64. The summed E-state index contributed by atoms with van der Waals surface area (Å²) in [5, 5.41) is 9.86. The molecule has 4 heteroatoms. The first-order valence-electron chi connectivity index (χ1n) is 5.07. The van der Waals surface area contributed by atoms with E-state index in [1.54, 1.807) is 48.7 Å². The molecule has 0 aliphatic rings. The molecule has 0 aliphatic carbocycles. The molecule has 0 saturated heterocycles. The van der Waals surface area contributed by atoms with Crippen LogP contribution in [0.5, 0.6) is 0 Å². The zero-order chi connectivity index (χ0) is 12.3. The molecule has 17 heavy (non-hydrogen) atoms. The molecule has 0 spiro atoms. The number of hydrogen-bond donors (Lipinski definition) is 1. The van der Waals surface area contributed by atoms with E-state index in [1.165, 1.54) is 0 Å². The highest BCUT2D eigenvalue weighted by atomic mass is 35.5. The Morgan fingerprint density at radius 1 is 1.18 bits per heavy atom. The van der Waals surface area contributed by atoms with Crippen LogP contribution in [0, 0.1) is 0 Å². The molecule has 1 aromatic heterocycles. The highest BCUT2D eigenvalue weighted by molar-refractivity contribution is 6.30. The number of nitrogens with zero attached hydrogens (tertiary/aromatic N) is 1. The van der Waals surface area contributed by atoms with Crippen LogP contribution in [0.25, 0.3) is 0 Å². The number of benzene rings is 1. The van der Waals surface area contributed by atoms with Crippen LogP contribution in [-0.4, -0.2) is 16.1 Å². The number of aliphatic carboxylic acids is 1. The molecule has 1 atom stereocenters. The van der Waals surface area contributed by atoms with Crippen molar-refractivity contribution in [3.63, 3.8) is 0 Å². The lowest BCUT2D eigenvalue weighted by molar-refractivity contribution is -0.137. The third kappa shape index (κ3) is 2.63. The van der Waals surface area contributed by atoms with Gasteiger partial charge in [0.1, 0.15) is 5.92 Å². The number of rotatable bonds is 3. The zero-order valence-electron chi connectivity index (χ0n) is 8.88. The molecular formula is C13H10ClNO2. The van der Waals surface area contributed by atoms with Gasteiger partial charge >= 0.3 is 5.97 Å². The molecule has 86 valence electrons. The normalized spacial score (nSPS) is 12.1. The van der Waals surface area contributed by atoms with Crippen molar-refractivity contribution in [1.82, 2.24) is 4.98 Å². The highest BCUT2D eigenvalue weighted by Crippen LogP contribution is 2.24. The van der Waals surface area contributed by atoms with E-state index >= 15 is 0 Å². The first-order chi connectivity index (χ1) is 8.18. The Morgan fingerprint density at radius 2 is 1.88 bits per heavy atom. The number of hydrogen-bond acceptors (Lipinski definition) is 2. The standard InChI is InChI=1S/C13H10ClNO2/c14-10-6-4-9(5-7-10)12(13(16)17)11-3-1-2-8-15-11/h1-8,12H,(H,16,17). The maximum absolute atomic E-state index is 11.3. The van der Waals surface area contributed by atoms with Gasteiger partial charge in [-0.1, -0.05) is 29.8 Å². The van der Waals surface area contributed by atoms with Crippen molar-refractivity contribution in [3.8, 4) is 0 Å². The van der Waals surface area contributed by atoms with Crippen LogP contribution in [0.1, 0.15) is 17.2 Å². The summed E-state index contributed by atoms with van der Waals surface area (Å²) < 4.78 is 0. The van der Waals surface area contributed by atoms with Gasteiger partial charge in [-0.15, -0.1) is 0 Å². The number of pyridine rings is 1. The van der Waals surface area contributed by atoms with Crippen LogP contribution in [-0.2, 0) is 4.79 Å². The summed E-state index contributed by atoms with van der Waals surface area (Å²) in [5.74, 6) is -1.68. The van der Waals surface area contributed by atoms with Crippen molar-refractivity contribution < 1.29 is 9.90 Å². The van der Waals surface area contributed by atoms with Gasteiger partial charge in [0.2, 0.25) is 0 Å². The average Bonchev–Trinajstić information content (AvgIpc) is 2.33. The number of halogens is 1. The van der Waals surface area contributed by atoms with Crippen molar-refractivity contribution in [2.75, 3.05) is 0 Å². The Bertz CT molecular complexity index is 511. The Morgan fingerprint density at radius 3 is 2.41 bits per heavy atom. The predicted octanol–water partition coefficient (Wildman–Crippen LogP) is 2.95. The average molecular weight is 248 g/mol. The Hall–Kier alpha value is -1.87. The van der Waals surface area contributed by atoms with Crippen molar-refractivity contribution in [2.45, 2.75) is 5.92 Å². The Balaban J connectivity index is 2.43. The second-order valence-corrected chi connectivity index (χ2v) is 4.01. The molecule has 0 aliphatic heterocycles. The minimum Gasteiger partial charge on any atom is -0.480 e. The first-order valence-corrected chi connectivity index (χ1v) is 5.45. The summed E-state index contributed by atoms with van der Waals surface area (Å²) in [5.41, 5.74) is 1.18. The molecule has 3 nitrogen and oxygen atoms in total. The maximum Gasteiger partial charge on any atom is 0.317 e. The first kappa shape index (κ1) is 11.6. The van der Waals surface area contributed by atoms with Crippen molar-refractivity contribution in [2.24, 2.45) is 0 Å². The molecule has 0 amide bonds. The van der Waals surface area contributed by atoms with Crippen LogP contribution < -0.4 is 0 Å². The van der Waals surface area contributed by atoms with E-state index in [0.717, 1.165) is 0 Å². The molecule has 1 N–H and O–H groups in total. The molecule has 0 radical (unpaired) electrons. The summed E-state index contributed by atoms with van der Waals surface area (Å²) >= 11 is 5.78. The Kier molecular flexibility index (Phi) is 3.40. The number of carboxylic acid groups (broad SMARTS) is 1. The van der Waals surface area contributed by atoms with E-state index < -0.39 is 11.9 Å². The van der Waals surface area contributed by atoms with Gasteiger partial charge in [-0.2, -0.15) is 0 Å². The maximum atomic E-state index is 11.3. The largest absolute Gasteiger partial charge is 0.480 e. The molecule has 0 saturated carbocycles. The van der Waals surface area contributed by atoms with Crippen molar-refractivity contribution in [1.29, 1.82) is 0 Å². The third-order valence-corrected chi connectivity index (χ3v) is 2.69. The zero-order valence-corrected chi connectivity index (χ0v) is 9.63. The van der Waals surface area contributed by atoms with E-state index in [2.05, 4.69) is 4.98 Å². The van der Waals surface area contributed by atoms with Gasteiger partial charge in [0, 0.05) is 11.2 Å². The van der Waals surface area contributed by atoms with Gasteiger partial charge in [-0.3, -0.25) is 9.78 Å². The Labute approximate surface area is 104 Å². The molecule has 1 aromatic carbocycles. The lowest BCUT2D eigenvalue weighted by Gasteiger charge is -2.11. The van der Waals surface area contributed by atoms with Crippen molar-refractivity contribution in [3.05, 3.63) is 64.9 Å². The van der Waals surface area contributed by atoms with Crippen LogP contribution in [0.3, 0.4) is 0 Å². The minimum atomic E-state index is -0.925. The minimum absolute atomic E-state index is 0.516. The fourth-order valence-corrected chi connectivity index (χ4v) is 1.77. The van der Waals surface area contributed by atoms with Gasteiger partial charge in [0.05, 0.1) is 5.69 Å². The number of carboxylic acids is 1. The van der Waals surface area contributed by atoms with Crippen LogP contribution in [0.2, 0.25) is 5.02 Å². The third-order valence-electron chi connectivity index (χ3n) is 2.43. The molecule has 1 unspecified atom stereocenters. The van der Waals surface area contributed by atoms with Crippen LogP contribution in [0.4, 0.5) is 0 Å². The topological polar surface area (TPSA) is 50.2 Å². The second-order valence-electron chi connectivity index (χ2n) is 3.58. The van der Waals surface area contributed by atoms with Crippen LogP contribution >= 0.6 is 11.6 Å². The lowest BCUT2D eigenvalue weighted by atomic mass is 9.95. The molecule has 0 bridgehead atoms.